The Morgan fingerprint density at radius 3 is 2.56 bits per heavy atom. The van der Waals surface area contributed by atoms with Gasteiger partial charge in [-0.25, -0.2) is 4.79 Å². The number of rotatable bonds is 7. The number of aliphatic hydroxyl groups excluding tert-OH is 1. The summed E-state index contributed by atoms with van der Waals surface area (Å²) in [7, 11) is 0. The first-order valence-electron chi connectivity index (χ1n) is 7.39. The lowest BCUT2D eigenvalue weighted by atomic mass is 9.79. The van der Waals surface area contributed by atoms with Crippen molar-refractivity contribution in [1.29, 1.82) is 0 Å². The fraction of sp³-hybridized carbons (Fsp3) is 0.929. The fourth-order valence-corrected chi connectivity index (χ4v) is 2.74. The van der Waals surface area contributed by atoms with Crippen molar-refractivity contribution >= 4 is 6.03 Å². The molecule has 106 valence electrons. The van der Waals surface area contributed by atoms with Gasteiger partial charge in [-0.05, 0) is 25.7 Å². The van der Waals surface area contributed by atoms with Gasteiger partial charge in [0.1, 0.15) is 0 Å². The lowest BCUT2D eigenvalue weighted by Gasteiger charge is -2.37. The van der Waals surface area contributed by atoms with E-state index >= 15 is 0 Å². The number of aliphatic hydroxyl groups is 1. The Kier molecular flexibility index (Phi) is 7.09. The molecule has 0 aromatic heterocycles. The molecule has 0 spiro atoms. The summed E-state index contributed by atoms with van der Waals surface area (Å²) >= 11 is 0. The van der Waals surface area contributed by atoms with Crippen LogP contribution in [0.3, 0.4) is 0 Å². The van der Waals surface area contributed by atoms with E-state index in [1.165, 1.54) is 6.42 Å². The van der Waals surface area contributed by atoms with Crippen LogP contribution in [0.25, 0.3) is 0 Å². The van der Waals surface area contributed by atoms with E-state index in [2.05, 4.69) is 17.6 Å². The van der Waals surface area contributed by atoms with E-state index in [1.54, 1.807) is 0 Å². The molecule has 0 heterocycles. The van der Waals surface area contributed by atoms with Crippen LogP contribution in [0.5, 0.6) is 0 Å². The van der Waals surface area contributed by atoms with Crippen molar-refractivity contribution in [2.45, 2.75) is 70.3 Å². The molecule has 0 bridgehead atoms. The minimum atomic E-state index is -0.165. The van der Waals surface area contributed by atoms with Crippen LogP contribution in [0.4, 0.5) is 4.79 Å². The lowest BCUT2D eigenvalue weighted by molar-refractivity contribution is 0.164. The Labute approximate surface area is 111 Å². The van der Waals surface area contributed by atoms with Gasteiger partial charge in [-0.1, -0.05) is 39.0 Å². The lowest BCUT2D eigenvalue weighted by Crippen LogP contribution is -2.53. The topological polar surface area (TPSA) is 61.4 Å². The molecule has 1 aliphatic carbocycles. The quantitative estimate of drug-likeness (QED) is 0.613. The molecule has 18 heavy (non-hydrogen) atoms. The second-order valence-corrected chi connectivity index (χ2v) is 5.40. The Balaban J connectivity index is 2.33. The number of hydrogen-bond donors (Lipinski definition) is 3. The molecule has 0 saturated heterocycles. The Morgan fingerprint density at radius 2 is 1.94 bits per heavy atom. The number of urea groups is 1. The van der Waals surface area contributed by atoms with Gasteiger partial charge >= 0.3 is 6.03 Å². The van der Waals surface area contributed by atoms with Gasteiger partial charge in [0.25, 0.3) is 0 Å². The highest BCUT2D eigenvalue weighted by molar-refractivity contribution is 5.74. The molecule has 1 aliphatic rings. The van der Waals surface area contributed by atoms with Gasteiger partial charge in [0, 0.05) is 18.7 Å². The molecule has 4 nitrogen and oxygen atoms in total. The summed E-state index contributed by atoms with van der Waals surface area (Å²) in [5, 5.41) is 15.2. The molecule has 1 rings (SSSR count). The van der Waals surface area contributed by atoms with Crippen molar-refractivity contribution in [3.63, 3.8) is 0 Å². The van der Waals surface area contributed by atoms with Gasteiger partial charge in [-0.2, -0.15) is 0 Å². The summed E-state index contributed by atoms with van der Waals surface area (Å²) in [4.78, 5) is 11.9. The molecule has 0 aliphatic heterocycles. The summed E-state index contributed by atoms with van der Waals surface area (Å²) in [6.07, 6.45) is 9.57. The van der Waals surface area contributed by atoms with Gasteiger partial charge in [0.15, 0.2) is 0 Å². The molecule has 1 saturated carbocycles. The predicted molar refractivity (Wildman–Crippen MR) is 73.6 cm³/mol. The van der Waals surface area contributed by atoms with Gasteiger partial charge in [0.05, 0.1) is 0 Å². The normalized spacial score (nSPS) is 18.3. The minimum Gasteiger partial charge on any atom is -0.396 e. The minimum absolute atomic E-state index is 0.0681. The van der Waals surface area contributed by atoms with E-state index in [0.29, 0.717) is 6.42 Å². The first kappa shape index (κ1) is 15.3. The number of carbonyl (C=O) groups excluding carboxylic acids is 1. The van der Waals surface area contributed by atoms with Crippen LogP contribution in [0.15, 0.2) is 0 Å². The number of hydrogen-bond acceptors (Lipinski definition) is 2. The van der Waals surface area contributed by atoms with E-state index in [4.69, 9.17) is 0 Å². The average molecular weight is 256 g/mol. The maximum Gasteiger partial charge on any atom is 0.315 e. The van der Waals surface area contributed by atoms with Crippen molar-refractivity contribution in [2.24, 2.45) is 0 Å². The third kappa shape index (κ3) is 5.25. The van der Waals surface area contributed by atoms with Crippen LogP contribution in [0.2, 0.25) is 0 Å². The Bertz CT molecular complexity index is 232. The molecule has 0 atom stereocenters. The number of unbranched alkanes of at least 4 members (excludes halogenated alkanes) is 2. The number of carbonyl (C=O) groups is 1. The second-order valence-electron chi connectivity index (χ2n) is 5.40. The summed E-state index contributed by atoms with van der Waals surface area (Å²) in [5.41, 5.74) is -0.165. The molecule has 0 aromatic rings. The number of amides is 2. The van der Waals surface area contributed by atoms with Crippen LogP contribution in [0.1, 0.15) is 64.7 Å². The van der Waals surface area contributed by atoms with Crippen molar-refractivity contribution in [3.05, 3.63) is 0 Å². The predicted octanol–water partition coefficient (Wildman–Crippen LogP) is 2.56. The number of nitrogens with one attached hydrogen (secondary N) is 2. The summed E-state index contributed by atoms with van der Waals surface area (Å²) < 4.78 is 0. The molecule has 2 amide bonds. The molecule has 0 unspecified atom stereocenters. The van der Waals surface area contributed by atoms with Crippen LogP contribution >= 0.6 is 0 Å². The average Bonchev–Trinajstić information content (AvgIpc) is 2.36. The smallest absolute Gasteiger partial charge is 0.315 e. The van der Waals surface area contributed by atoms with Crippen molar-refractivity contribution in [2.75, 3.05) is 13.2 Å². The van der Waals surface area contributed by atoms with E-state index in [0.717, 1.165) is 51.5 Å². The highest BCUT2D eigenvalue weighted by Crippen LogP contribution is 2.30. The van der Waals surface area contributed by atoms with E-state index in [9.17, 15) is 9.90 Å². The molecule has 0 radical (unpaired) electrons. The highest BCUT2D eigenvalue weighted by atomic mass is 16.3. The summed E-state index contributed by atoms with van der Waals surface area (Å²) in [6.45, 7) is 3.04. The van der Waals surface area contributed by atoms with Crippen molar-refractivity contribution in [3.8, 4) is 0 Å². The second kappa shape index (κ2) is 8.35. The maximum atomic E-state index is 11.9. The van der Waals surface area contributed by atoms with E-state index in [1.807, 2.05) is 0 Å². The monoisotopic (exact) mass is 256 g/mol. The largest absolute Gasteiger partial charge is 0.396 e. The van der Waals surface area contributed by atoms with Crippen molar-refractivity contribution in [1.82, 2.24) is 10.6 Å². The van der Waals surface area contributed by atoms with Gasteiger partial charge in [0.2, 0.25) is 0 Å². The highest BCUT2D eigenvalue weighted by Gasteiger charge is 2.32. The zero-order valence-corrected chi connectivity index (χ0v) is 11.6. The third-order valence-electron chi connectivity index (χ3n) is 3.85. The molecule has 0 aromatic carbocycles. The third-order valence-corrected chi connectivity index (χ3v) is 3.85. The van der Waals surface area contributed by atoms with E-state index < -0.39 is 0 Å². The first-order valence-corrected chi connectivity index (χ1v) is 7.39. The van der Waals surface area contributed by atoms with Crippen LogP contribution < -0.4 is 10.6 Å². The standard InChI is InChI=1S/C14H28N2O2/c1-2-3-7-11-15-13(18)16-14(10-12-17)8-5-4-6-9-14/h17H,2-12H2,1H3,(H2,15,16,18). The SMILES string of the molecule is CCCCCNC(=O)NC1(CCO)CCCCC1. The van der Waals surface area contributed by atoms with Crippen LogP contribution in [0, 0.1) is 0 Å². The fourth-order valence-electron chi connectivity index (χ4n) is 2.74. The molecule has 1 fully saturated rings. The van der Waals surface area contributed by atoms with Crippen LogP contribution in [-0.2, 0) is 0 Å². The van der Waals surface area contributed by atoms with E-state index in [-0.39, 0.29) is 18.2 Å². The Morgan fingerprint density at radius 1 is 1.22 bits per heavy atom. The molecule has 3 N–H and O–H groups in total. The zero-order valence-electron chi connectivity index (χ0n) is 11.6. The van der Waals surface area contributed by atoms with Gasteiger partial charge < -0.3 is 15.7 Å². The maximum absolute atomic E-state index is 11.9. The summed E-state index contributed by atoms with van der Waals surface area (Å²) in [6, 6.07) is -0.0681. The van der Waals surface area contributed by atoms with Gasteiger partial charge in [-0.15, -0.1) is 0 Å². The first-order chi connectivity index (χ1) is 8.72. The zero-order chi connectivity index (χ0) is 13.3. The van der Waals surface area contributed by atoms with Crippen molar-refractivity contribution < 1.29 is 9.90 Å². The van der Waals surface area contributed by atoms with Gasteiger partial charge in [-0.3, -0.25) is 0 Å². The molecular formula is C14H28N2O2. The molecule has 4 heteroatoms. The van der Waals surface area contributed by atoms with Crippen LogP contribution in [-0.4, -0.2) is 29.8 Å². The molecular weight excluding hydrogens is 228 g/mol. The summed E-state index contributed by atoms with van der Waals surface area (Å²) in [5.74, 6) is 0. The Hall–Kier alpha value is -0.770.